The van der Waals surface area contributed by atoms with Gasteiger partial charge in [-0.3, -0.25) is 14.4 Å². The molecule has 3 rings (SSSR count). The standard InChI is InChI=1S/C22H17N3O5/c1-13-17(10-23)20(27)25(12-14-5-3-2-4-6-14)21(28)18(13)11-24-15-7-8-19(26)16(9-15)22(29)30/h2-9,11,26,28H,12H2,1H3,(H,29,30). The number of aromatic nitrogens is 1. The van der Waals surface area contributed by atoms with E-state index < -0.39 is 17.3 Å². The number of benzene rings is 2. The van der Waals surface area contributed by atoms with Crippen molar-refractivity contribution in [3.63, 3.8) is 0 Å². The fourth-order valence-electron chi connectivity index (χ4n) is 2.95. The van der Waals surface area contributed by atoms with Crippen LogP contribution in [0.4, 0.5) is 5.69 Å². The summed E-state index contributed by atoms with van der Waals surface area (Å²) >= 11 is 0. The SMILES string of the molecule is Cc1c(C=Nc2ccc(O)c(C(=O)O)c2)c(O)n(Cc2ccccc2)c(=O)c1C#N. The van der Waals surface area contributed by atoms with Crippen LogP contribution < -0.4 is 5.56 Å². The number of aromatic hydroxyl groups is 2. The van der Waals surface area contributed by atoms with Gasteiger partial charge in [-0.05, 0) is 36.2 Å². The van der Waals surface area contributed by atoms with Crippen molar-refractivity contribution in [2.24, 2.45) is 4.99 Å². The lowest BCUT2D eigenvalue weighted by Crippen LogP contribution is -2.25. The van der Waals surface area contributed by atoms with Crippen molar-refractivity contribution in [2.75, 3.05) is 0 Å². The Hall–Kier alpha value is -4.38. The largest absolute Gasteiger partial charge is 0.507 e. The summed E-state index contributed by atoms with van der Waals surface area (Å²) in [6.07, 6.45) is 1.25. The Morgan fingerprint density at radius 3 is 2.53 bits per heavy atom. The van der Waals surface area contributed by atoms with Crippen LogP contribution in [0.5, 0.6) is 11.6 Å². The van der Waals surface area contributed by atoms with E-state index in [2.05, 4.69) is 4.99 Å². The Morgan fingerprint density at radius 1 is 1.20 bits per heavy atom. The lowest BCUT2D eigenvalue weighted by atomic mass is 10.1. The molecule has 0 aliphatic rings. The molecule has 1 aromatic heterocycles. The molecule has 0 amide bonds. The molecular formula is C22H17N3O5. The molecule has 0 aliphatic heterocycles. The highest BCUT2D eigenvalue weighted by Crippen LogP contribution is 2.25. The fraction of sp³-hybridized carbons (Fsp3) is 0.0909. The smallest absolute Gasteiger partial charge is 0.339 e. The van der Waals surface area contributed by atoms with E-state index in [-0.39, 0.29) is 40.4 Å². The third kappa shape index (κ3) is 3.91. The van der Waals surface area contributed by atoms with Crippen molar-refractivity contribution in [1.29, 1.82) is 5.26 Å². The number of nitrogens with zero attached hydrogens (tertiary/aromatic N) is 3. The number of phenols is 1. The molecule has 0 unspecified atom stereocenters. The van der Waals surface area contributed by atoms with Crippen molar-refractivity contribution in [2.45, 2.75) is 13.5 Å². The van der Waals surface area contributed by atoms with Gasteiger partial charge < -0.3 is 15.3 Å². The zero-order valence-electron chi connectivity index (χ0n) is 15.9. The first kappa shape index (κ1) is 20.4. The van der Waals surface area contributed by atoms with Gasteiger partial charge in [-0.2, -0.15) is 5.26 Å². The number of carbonyl (C=O) groups is 1. The molecule has 30 heavy (non-hydrogen) atoms. The third-order valence-electron chi connectivity index (χ3n) is 4.58. The lowest BCUT2D eigenvalue weighted by Gasteiger charge is -2.14. The van der Waals surface area contributed by atoms with Crippen LogP contribution in [0.3, 0.4) is 0 Å². The van der Waals surface area contributed by atoms with Crippen LogP contribution >= 0.6 is 0 Å². The predicted molar refractivity (Wildman–Crippen MR) is 110 cm³/mol. The first-order chi connectivity index (χ1) is 14.3. The van der Waals surface area contributed by atoms with Gasteiger partial charge >= 0.3 is 5.97 Å². The molecule has 0 saturated carbocycles. The van der Waals surface area contributed by atoms with E-state index in [0.717, 1.165) is 10.1 Å². The average molecular weight is 403 g/mol. The minimum Gasteiger partial charge on any atom is -0.507 e. The molecule has 0 spiro atoms. The molecule has 8 heteroatoms. The summed E-state index contributed by atoms with van der Waals surface area (Å²) in [6, 6.07) is 14.6. The maximum absolute atomic E-state index is 12.7. The van der Waals surface area contributed by atoms with Crippen molar-refractivity contribution in [1.82, 2.24) is 4.57 Å². The molecule has 3 N–H and O–H groups in total. The topological polar surface area (TPSA) is 136 Å². The highest BCUT2D eigenvalue weighted by atomic mass is 16.4. The minimum absolute atomic E-state index is 0.0592. The Kier molecular flexibility index (Phi) is 5.65. The summed E-state index contributed by atoms with van der Waals surface area (Å²) in [5.41, 5.74) is 0.321. The summed E-state index contributed by atoms with van der Waals surface area (Å²) in [5.74, 6) is -2.07. The van der Waals surface area contributed by atoms with E-state index >= 15 is 0 Å². The Morgan fingerprint density at radius 2 is 1.90 bits per heavy atom. The van der Waals surface area contributed by atoms with E-state index in [0.29, 0.717) is 0 Å². The van der Waals surface area contributed by atoms with Gasteiger partial charge in [-0.15, -0.1) is 0 Å². The minimum atomic E-state index is -1.31. The molecule has 3 aromatic rings. The second-order valence-electron chi connectivity index (χ2n) is 6.49. The number of carboxylic acid groups (broad SMARTS) is 1. The number of aliphatic imine (C=N–C) groups is 1. The van der Waals surface area contributed by atoms with Gasteiger partial charge in [0.15, 0.2) is 0 Å². The van der Waals surface area contributed by atoms with Gasteiger partial charge in [0.25, 0.3) is 5.56 Å². The maximum Gasteiger partial charge on any atom is 0.339 e. The fourth-order valence-corrected chi connectivity index (χ4v) is 2.95. The Labute approximate surface area is 171 Å². The van der Waals surface area contributed by atoms with Gasteiger partial charge in [0.05, 0.1) is 17.8 Å². The molecule has 0 fully saturated rings. The molecule has 0 atom stereocenters. The van der Waals surface area contributed by atoms with E-state index in [1.807, 2.05) is 12.1 Å². The van der Waals surface area contributed by atoms with E-state index in [1.165, 1.54) is 31.3 Å². The van der Waals surface area contributed by atoms with Crippen molar-refractivity contribution >= 4 is 17.9 Å². The first-order valence-electron chi connectivity index (χ1n) is 8.84. The molecule has 0 bridgehead atoms. The van der Waals surface area contributed by atoms with Crippen molar-refractivity contribution in [3.05, 3.63) is 86.7 Å². The van der Waals surface area contributed by atoms with Crippen LogP contribution in [0, 0.1) is 18.3 Å². The highest BCUT2D eigenvalue weighted by Gasteiger charge is 2.18. The zero-order chi connectivity index (χ0) is 21.8. The predicted octanol–water partition coefficient (Wildman–Crippen LogP) is 2.94. The van der Waals surface area contributed by atoms with Gasteiger partial charge in [-0.1, -0.05) is 30.3 Å². The first-order valence-corrected chi connectivity index (χ1v) is 8.84. The van der Waals surface area contributed by atoms with Gasteiger partial charge in [0.2, 0.25) is 5.88 Å². The monoisotopic (exact) mass is 403 g/mol. The van der Waals surface area contributed by atoms with Crippen LogP contribution in [0.2, 0.25) is 0 Å². The number of carboxylic acids is 1. The number of hydrogen-bond donors (Lipinski definition) is 3. The molecule has 8 nitrogen and oxygen atoms in total. The quantitative estimate of drug-likeness (QED) is 0.560. The molecule has 0 saturated heterocycles. The summed E-state index contributed by atoms with van der Waals surface area (Å²) in [6.45, 7) is 1.58. The van der Waals surface area contributed by atoms with Crippen LogP contribution in [0.1, 0.15) is 32.6 Å². The van der Waals surface area contributed by atoms with Crippen LogP contribution in [-0.4, -0.2) is 32.1 Å². The summed E-state index contributed by atoms with van der Waals surface area (Å²) in [5, 5.41) is 38.9. The third-order valence-corrected chi connectivity index (χ3v) is 4.58. The van der Waals surface area contributed by atoms with Gasteiger partial charge in [-0.25, -0.2) is 4.79 Å². The summed E-state index contributed by atoms with van der Waals surface area (Å²) < 4.78 is 1.09. The van der Waals surface area contributed by atoms with Crippen molar-refractivity contribution in [3.8, 4) is 17.7 Å². The maximum atomic E-state index is 12.7. The number of pyridine rings is 1. The lowest BCUT2D eigenvalue weighted by molar-refractivity contribution is 0.0693. The summed E-state index contributed by atoms with van der Waals surface area (Å²) in [4.78, 5) is 28.0. The average Bonchev–Trinajstić information content (AvgIpc) is 2.73. The molecular weight excluding hydrogens is 386 g/mol. The van der Waals surface area contributed by atoms with E-state index in [9.17, 15) is 25.1 Å². The van der Waals surface area contributed by atoms with E-state index in [1.54, 1.807) is 24.3 Å². The Bertz CT molecular complexity index is 1250. The van der Waals surface area contributed by atoms with Gasteiger partial charge in [0.1, 0.15) is 22.9 Å². The highest BCUT2D eigenvalue weighted by molar-refractivity contribution is 5.93. The number of nitriles is 1. The van der Waals surface area contributed by atoms with E-state index in [4.69, 9.17) is 5.11 Å². The second kappa shape index (κ2) is 8.32. The molecule has 0 aliphatic carbocycles. The van der Waals surface area contributed by atoms with Crippen LogP contribution in [0.15, 0.2) is 58.3 Å². The Balaban J connectivity index is 2.11. The van der Waals surface area contributed by atoms with Gasteiger partial charge in [0, 0.05) is 6.21 Å². The number of hydrogen-bond acceptors (Lipinski definition) is 6. The van der Waals surface area contributed by atoms with Crippen molar-refractivity contribution < 1.29 is 20.1 Å². The summed E-state index contributed by atoms with van der Waals surface area (Å²) in [7, 11) is 0. The molecule has 150 valence electrons. The molecule has 2 aromatic carbocycles. The number of rotatable bonds is 5. The normalized spacial score (nSPS) is 10.8. The molecule has 0 radical (unpaired) electrons. The van der Waals surface area contributed by atoms with Crippen LogP contribution in [0.25, 0.3) is 0 Å². The zero-order valence-corrected chi connectivity index (χ0v) is 15.9. The van der Waals surface area contributed by atoms with Crippen LogP contribution in [-0.2, 0) is 6.54 Å². The molecule has 1 heterocycles. The number of aromatic carboxylic acids is 1. The second-order valence-corrected chi connectivity index (χ2v) is 6.49.